The van der Waals surface area contributed by atoms with Crippen LogP contribution in [0.3, 0.4) is 0 Å². The second-order valence-electron chi connectivity index (χ2n) is 7.00. The average molecular weight is 468 g/mol. The van der Waals surface area contributed by atoms with Gasteiger partial charge in [-0.05, 0) is 55.5 Å². The van der Waals surface area contributed by atoms with E-state index in [0.717, 1.165) is 38.4 Å². The highest BCUT2D eigenvalue weighted by atomic mass is 32.2. The van der Waals surface area contributed by atoms with Crippen molar-refractivity contribution in [2.75, 3.05) is 11.6 Å². The van der Waals surface area contributed by atoms with Gasteiger partial charge in [-0.3, -0.25) is 4.98 Å². The zero-order valence-electron chi connectivity index (χ0n) is 17.1. The fourth-order valence-electron chi connectivity index (χ4n) is 3.00. The molecule has 0 spiro atoms. The van der Waals surface area contributed by atoms with Crippen molar-refractivity contribution in [1.82, 2.24) is 9.97 Å². The van der Waals surface area contributed by atoms with Gasteiger partial charge < -0.3 is 5.32 Å². The molecule has 0 fully saturated rings. The lowest BCUT2D eigenvalue weighted by atomic mass is 10.1. The van der Waals surface area contributed by atoms with Gasteiger partial charge in [0.1, 0.15) is 0 Å². The van der Waals surface area contributed by atoms with Gasteiger partial charge in [0.25, 0.3) is 0 Å². The van der Waals surface area contributed by atoms with Crippen molar-refractivity contribution >= 4 is 43.8 Å². The van der Waals surface area contributed by atoms with Crippen LogP contribution in [0.15, 0.2) is 82.7 Å². The van der Waals surface area contributed by atoms with Crippen molar-refractivity contribution in [3.8, 4) is 11.3 Å². The van der Waals surface area contributed by atoms with Crippen LogP contribution in [-0.2, 0) is 15.6 Å². The first-order chi connectivity index (χ1) is 14.9. The average Bonchev–Trinajstić information content (AvgIpc) is 3.15. The molecule has 4 aromatic rings. The lowest BCUT2D eigenvalue weighted by Gasteiger charge is -2.04. The molecular weight excluding hydrogens is 446 g/mol. The minimum Gasteiger partial charge on any atom is -0.332 e. The SMILES string of the molecule is Cc1cc(-c2nc(Nc3ccc(S(C)(=O)=O)cc3)sc2CSc2ccccc2)ccn1. The highest BCUT2D eigenvalue weighted by Gasteiger charge is 2.15. The summed E-state index contributed by atoms with van der Waals surface area (Å²) in [6, 6.07) is 21.0. The second kappa shape index (κ2) is 9.21. The van der Waals surface area contributed by atoms with Crippen LogP contribution in [0.4, 0.5) is 10.8 Å². The number of aryl methyl sites for hydroxylation is 1. The molecule has 0 aliphatic heterocycles. The first-order valence-corrected chi connectivity index (χ1v) is 13.3. The third-order valence-electron chi connectivity index (χ3n) is 4.51. The minimum atomic E-state index is -3.22. The van der Waals surface area contributed by atoms with Crippen molar-refractivity contribution in [1.29, 1.82) is 0 Å². The smallest absolute Gasteiger partial charge is 0.188 e. The summed E-state index contributed by atoms with van der Waals surface area (Å²) >= 11 is 3.37. The first kappa shape index (κ1) is 21.5. The van der Waals surface area contributed by atoms with Gasteiger partial charge >= 0.3 is 0 Å². The van der Waals surface area contributed by atoms with Gasteiger partial charge in [0, 0.05) is 44.9 Å². The maximum absolute atomic E-state index is 11.7. The van der Waals surface area contributed by atoms with Crippen molar-refractivity contribution in [2.45, 2.75) is 22.5 Å². The molecule has 1 N–H and O–H groups in total. The van der Waals surface area contributed by atoms with Crippen LogP contribution in [0.5, 0.6) is 0 Å². The molecule has 0 aliphatic carbocycles. The molecule has 2 heterocycles. The van der Waals surface area contributed by atoms with Crippen LogP contribution in [0.1, 0.15) is 10.6 Å². The number of pyridine rings is 1. The number of thiazole rings is 1. The van der Waals surface area contributed by atoms with Gasteiger partial charge in [-0.15, -0.1) is 23.1 Å². The van der Waals surface area contributed by atoms with E-state index in [1.54, 1.807) is 53.6 Å². The molecule has 0 aliphatic rings. The Kier molecular flexibility index (Phi) is 6.41. The van der Waals surface area contributed by atoms with Crippen LogP contribution in [0.2, 0.25) is 0 Å². The Morgan fingerprint density at radius 2 is 1.77 bits per heavy atom. The molecule has 0 unspecified atom stereocenters. The van der Waals surface area contributed by atoms with E-state index in [2.05, 4.69) is 22.4 Å². The van der Waals surface area contributed by atoms with Crippen LogP contribution in [0.25, 0.3) is 11.3 Å². The van der Waals surface area contributed by atoms with E-state index in [1.807, 2.05) is 37.3 Å². The monoisotopic (exact) mass is 467 g/mol. The van der Waals surface area contributed by atoms with E-state index in [-0.39, 0.29) is 0 Å². The number of hydrogen-bond donors (Lipinski definition) is 1. The Balaban J connectivity index is 1.62. The summed E-state index contributed by atoms with van der Waals surface area (Å²) in [4.78, 5) is 11.8. The zero-order chi connectivity index (χ0) is 21.8. The lowest BCUT2D eigenvalue weighted by Crippen LogP contribution is -1.97. The summed E-state index contributed by atoms with van der Waals surface area (Å²) in [6.45, 7) is 1.97. The van der Waals surface area contributed by atoms with E-state index >= 15 is 0 Å². The molecule has 2 aromatic heterocycles. The standard InChI is InChI=1S/C23H21N3O2S3/c1-16-14-17(12-13-24-16)22-21(15-29-19-6-4-3-5-7-19)30-23(26-22)25-18-8-10-20(11-9-18)31(2,27)28/h3-14H,15H2,1-2H3,(H,25,26). The summed E-state index contributed by atoms with van der Waals surface area (Å²) in [7, 11) is -3.22. The Hall–Kier alpha value is -2.68. The highest BCUT2D eigenvalue weighted by molar-refractivity contribution is 7.98. The maximum Gasteiger partial charge on any atom is 0.188 e. The number of nitrogens with one attached hydrogen (secondary N) is 1. The normalized spacial score (nSPS) is 11.4. The number of anilines is 2. The quantitative estimate of drug-likeness (QED) is 0.339. The summed E-state index contributed by atoms with van der Waals surface area (Å²) in [5.74, 6) is 0.799. The largest absolute Gasteiger partial charge is 0.332 e. The third-order valence-corrected chi connectivity index (χ3v) is 7.83. The lowest BCUT2D eigenvalue weighted by molar-refractivity contribution is 0.602. The van der Waals surface area contributed by atoms with Gasteiger partial charge in [0.15, 0.2) is 15.0 Å². The molecule has 0 bridgehead atoms. The molecule has 31 heavy (non-hydrogen) atoms. The van der Waals surface area contributed by atoms with Gasteiger partial charge in [-0.1, -0.05) is 18.2 Å². The van der Waals surface area contributed by atoms with Gasteiger partial charge in [0.2, 0.25) is 0 Å². The predicted octanol–water partition coefficient (Wildman–Crippen LogP) is 5.95. The zero-order valence-corrected chi connectivity index (χ0v) is 19.5. The molecule has 8 heteroatoms. The third kappa shape index (κ3) is 5.52. The first-order valence-electron chi connectivity index (χ1n) is 9.56. The molecule has 0 saturated heterocycles. The maximum atomic E-state index is 11.7. The molecular formula is C23H21N3O2S3. The molecule has 2 aromatic carbocycles. The number of thioether (sulfide) groups is 1. The number of nitrogens with zero attached hydrogens (tertiary/aromatic N) is 2. The molecule has 0 saturated carbocycles. The van der Waals surface area contributed by atoms with Crippen molar-refractivity contribution in [2.24, 2.45) is 0 Å². The van der Waals surface area contributed by atoms with Gasteiger partial charge in [0.05, 0.1) is 10.6 Å². The topological polar surface area (TPSA) is 72.0 Å². The Labute approximate surface area is 190 Å². The Morgan fingerprint density at radius 1 is 1.03 bits per heavy atom. The summed E-state index contributed by atoms with van der Waals surface area (Å²) < 4.78 is 23.4. The van der Waals surface area contributed by atoms with Crippen LogP contribution >= 0.6 is 23.1 Å². The fourth-order valence-corrected chi connectivity index (χ4v) is 5.62. The molecule has 4 rings (SSSR count). The van der Waals surface area contributed by atoms with E-state index in [0.29, 0.717) is 4.90 Å². The second-order valence-corrected chi connectivity index (χ2v) is 11.1. The molecule has 5 nitrogen and oxygen atoms in total. The van der Waals surface area contributed by atoms with E-state index in [4.69, 9.17) is 4.98 Å². The number of rotatable bonds is 7. The number of aromatic nitrogens is 2. The Morgan fingerprint density at radius 3 is 2.45 bits per heavy atom. The Bertz CT molecular complexity index is 1290. The van der Waals surface area contributed by atoms with Crippen molar-refractivity contribution in [3.63, 3.8) is 0 Å². The summed E-state index contributed by atoms with van der Waals surface area (Å²) in [5.41, 5.74) is 3.71. The molecule has 0 radical (unpaired) electrons. The fraction of sp³-hybridized carbons (Fsp3) is 0.130. The molecule has 0 atom stereocenters. The number of benzene rings is 2. The summed E-state index contributed by atoms with van der Waals surface area (Å²) in [5, 5.41) is 4.08. The van der Waals surface area contributed by atoms with Crippen LogP contribution in [0, 0.1) is 6.92 Å². The van der Waals surface area contributed by atoms with Crippen molar-refractivity contribution < 1.29 is 8.42 Å². The predicted molar refractivity (Wildman–Crippen MR) is 129 cm³/mol. The van der Waals surface area contributed by atoms with E-state index < -0.39 is 9.84 Å². The minimum absolute atomic E-state index is 0.296. The van der Waals surface area contributed by atoms with Gasteiger partial charge in [-0.2, -0.15) is 0 Å². The van der Waals surface area contributed by atoms with E-state index in [1.165, 1.54) is 11.2 Å². The summed E-state index contributed by atoms with van der Waals surface area (Å²) in [6.07, 6.45) is 3.01. The molecule has 0 amide bonds. The van der Waals surface area contributed by atoms with Crippen molar-refractivity contribution in [3.05, 3.63) is 83.5 Å². The molecule has 158 valence electrons. The number of sulfone groups is 1. The van der Waals surface area contributed by atoms with Gasteiger partial charge in [-0.25, -0.2) is 13.4 Å². The van der Waals surface area contributed by atoms with E-state index in [9.17, 15) is 8.42 Å². The number of hydrogen-bond acceptors (Lipinski definition) is 7. The van der Waals surface area contributed by atoms with Crippen LogP contribution < -0.4 is 5.32 Å². The van der Waals surface area contributed by atoms with Crippen LogP contribution in [-0.4, -0.2) is 24.6 Å². The highest BCUT2D eigenvalue weighted by Crippen LogP contribution is 2.37.